The van der Waals surface area contributed by atoms with Crippen molar-refractivity contribution in [3.63, 3.8) is 0 Å². The number of benzene rings is 3. The van der Waals surface area contributed by atoms with Crippen molar-refractivity contribution in [1.29, 1.82) is 0 Å². The minimum atomic E-state index is -0.569. The van der Waals surface area contributed by atoms with Crippen LogP contribution in [0.15, 0.2) is 89.2 Å². The van der Waals surface area contributed by atoms with Crippen molar-refractivity contribution in [3.8, 4) is 11.5 Å². The molecule has 0 spiro atoms. The van der Waals surface area contributed by atoms with Crippen molar-refractivity contribution in [1.82, 2.24) is 14.8 Å². The number of fused-ring (bicyclic) bond motifs is 1. The highest BCUT2D eigenvalue weighted by atomic mass is 32.2. The number of para-hydroxylation sites is 2. The Hall–Kier alpha value is -4.31. The lowest BCUT2D eigenvalue weighted by Crippen LogP contribution is -2.31. The van der Waals surface area contributed by atoms with Crippen molar-refractivity contribution >= 4 is 29.3 Å². The summed E-state index contributed by atoms with van der Waals surface area (Å²) in [6.07, 6.45) is 3.25. The molecule has 1 atom stereocenters. The Bertz CT molecular complexity index is 1590. The van der Waals surface area contributed by atoms with E-state index in [9.17, 15) is 9.18 Å². The smallest absolute Gasteiger partial charge is 0.255 e. The molecule has 2 N–H and O–H groups in total. The van der Waals surface area contributed by atoms with Crippen molar-refractivity contribution < 1.29 is 18.7 Å². The third-order valence-electron chi connectivity index (χ3n) is 7.04. The Balaban J connectivity index is 1.46. The molecule has 2 heterocycles. The zero-order valence-corrected chi connectivity index (χ0v) is 25.4. The van der Waals surface area contributed by atoms with E-state index in [0.29, 0.717) is 58.3 Å². The molecule has 0 aliphatic carbocycles. The van der Waals surface area contributed by atoms with E-state index in [0.717, 1.165) is 30.6 Å². The SMILES string of the molecule is CCCCCOc1ccc(C2C(C(=O)Nc3ccccc3OCC)=C(C)Nc3nc(SCc4ccccc4F)nn32)cc1. The second-order valence-corrected chi connectivity index (χ2v) is 11.1. The van der Waals surface area contributed by atoms with Crippen LogP contribution in [0.25, 0.3) is 0 Å². The second-order valence-electron chi connectivity index (χ2n) is 10.1. The fraction of sp³-hybridized carbons (Fsp3) is 0.303. The van der Waals surface area contributed by atoms with Gasteiger partial charge in [0.2, 0.25) is 11.1 Å². The zero-order valence-electron chi connectivity index (χ0n) is 24.6. The second kappa shape index (κ2) is 14.2. The van der Waals surface area contributed by atoms with Gasteiger partial charge in [-0.1, -0.05) is 74.0 Å². The number of anilines is 2. The first kappa shape index (κ1) is 30.2. The Morgan fingerprint density at radius 3 is 2.56 bits per heavy atom. The fourth-order valence-electron chi connectivity index (χ4n) is 4.88. The number of carbonyl (C=O) groups excluding carboxylic acids is 1. The summed E-state index contributed by atoms with van der Waals surface area (Å²) in [5.74, 6) is 1.68. The van der Waals surface area contributed by atoms with Crippen molar-refractivity contribution in [2.75, 3.05) is 23.8 Å². The van der Waals surface area contributed by atoms with Crippen LogP contribution >= 0.6 is 11.8 Å². The van der Waals surface area contributed by atoms with E-state index in [4.69, 9.17) is 14.6 Å². The molecule has 10 heteroatoms. The highest BCUT2D eigenvalue weighted by Gasteiger charge is 2.34. The molecule has 1 aliphatic heterocycles. The molecule has 0 fully saturated rings. The largest absolute Gasteiger partial charge is 0.494 e. The Morgan fingerprint density at radius 1 is 1.02 bits per heavy atom. The number of thioether (sulfide) groups is 1. The average molecular weight is 602 g/mol. The summed E-state index contributed by atoms with van der Waals surface area (Å²) >= 11 is 1.34. The monoisotopic (exact) mass is 601 g/mol. The highest BCUT2D eigenvalue weighted by Crippen LogP contribution is 2.38. The molecule has 1 amide bonds. The number of halogens is 1. The average Bonchev–Trinajstić information content (AvgIpc) is 3.42. The van der Waals surface area contributed by atoms with Crippen molar-refractivity contribution in [2.24, 2.45) is 0 Å². The van der Waals surface area contributed by atoms with Crippen molar-refractivity contribution in [2.45, 2.75) is 57.0 Å². The summed E-state index contributed by atoms with van der Waals surface area (Å²) in [4.78, 5) is 18.6. The standard InChI is InChI=1S/C33H36FN5O3S/c1-4-6-11-20-42-25-18-16-23(17-19-25)30-29(31(40)36-27-14-9-10-15-28(27)41-5-2)22(3)35-32-37-33(38-39(30)32)43-21-24-12-7-8-13-26(24)34/h7-10,12-19,30H,4-6,11,20-21H2,1-3H3,(H,36,40)(H,35,37,38). The lowest BCUT2D eigenvalue weighted by molar-refractivity contribution is -0.113. The van der Waals surface area contributed by atoms with Crippen LogP contribution in [0.4, 0.5) is 16.0 Å². The predicted molar refractivity (Wildman–Crippen MR) is 168 cm³/mol. The van der Waals surface area contributed by atoms with Crippen LogP contribution in [0.5, 0.6) is 11.5 Å². The number of hydrogen-bond acceptors (Lipinski definition) is 7. The quantitative estimate of drug-likeness (QED) is 0.120. The number of amides is 1. The summed E-state index contributed by atoms with van der Waals surface area (Å²) in [5, 5.41) is 11.6. The van der Waals surface area contributed by atoms with Gasteiger partial charge in [0, 0.05) is 11.4 Å². The van der Waals surface area contributed by atoms with Gasteiger partial charge in [0.25, 0.3) is 5.91 Å². The summed E-state index contributed by atoms with van der Waals surface area (Å²) in [6, 6.07) is 21.2. The first-order valence-corrected chi connectivity index (χ1v) is 15.5. The predicted octanol–water partition coefficient (Wildman–Crippen LogP) is 7.60. The number of hydrogen-bond donors (Lipinski definition) is 2. The molecule has 0 radical (unpaired) electrons. The van der Waals surface area contributed by atoms with Gasteiger partial charge in [0.15, 0.2) is 0 Å². The Morgan fingerprint density at radius 2 is 1.79 bits per heavy atom. The number of ether oxygens (including phenoxy) is 2. The van der Waals surface area contributed by atoms with E-state index in [1.807, 2.05) is 62.4 Å². The van der Waals surface area contributed by atoms with Crippen LogP contribution in [-0.4, -0.2) is 33.9 Å². The first-order valence-electron chi connectivity index (χ1n) is 14.5. The van der Waals surface area contributed by atoms with E-state index in [2.05, 4.69) is 22.5 Å². The number of carbonyl (C=O) groups is 1. The molecule has 1 aliphatic rings. The van der Waals surface area contributed by atoms with Gasteiger partial charge in [-0.3, -0.25) is 4.79 Å². The van der Waals surface area contributed by atoms with Gasteiger partial charge in [0.05, 0.1) is 24.5 Å². The summed E-state index contributed by atoms with van der Waals surface area (Å²) in [5.41, 5.74) is 3.14. The molecule has 224 valence electrons. The highest BCUT2D eigenvalue weighted by molar-refractivity contribution is 7.98. The zero-order chi connectivity index (χ0) is 30.2. The number of nitrogens with zero attached hydrogens (tertiary/aromatic N) is 3. The van der Waals surface area contributed by atoms with Gasteiger partial charge in [-0.2, -0.15) is 4.98 Å². The molecule has 43 heavy (non-hydrogen) atoms. The number of allylic oxidation sites excluding steroid dienone is 1. The number of aromatic nitrogens is 3. The van der Waals surface area contributed by atoms with E-state index >= 15 is 0 Å². The number of nitrogens with one attached hydrogen (secondary N) is 2. The molecule has 1 aromatic heterocycles. The third kappa shape index (κ3) is 7.19. The molecule has 0 bridgehead atoms. The normalized spacial score (nSPS) is 14.2. The number of rotatable bonds is 13. The van der Waals surface area contributed by atoms with Crippen LogP contribution in [0, 0.1) is 5.82 Å². The topological polar surface area (TPSA) is 90.3 Å². The van der Waals surface area contributed by atoms with Gasteiger partial charge in [0.1, 0.15) is 23.4 Å². The summed E-state index contributed by atoms with van der Waals surface area (Å²) in [6.45, 7) is 7.04. The van der Waals surface area contributed by atoms with Crippen molar-refractivity contribution in [3.05, 3.63) is 101 Å². The molecule has 3 aromatic carbocycles. The lowest BCUT2D eigenvalue weighted by atomic mass is 9.95. The minimum Gasteiger partial charge on any atom is -0.494 e. The maximum absolute atomic E-state index is 14.3. The minimum absolute atomic E-state index is 0.268. The molecule has 5 rings (SSSR count). The molecule has 0 saturated heterocycles. The molecule has 4 aromatic rings. The number of unbranched alkanes of at least 4 members (excludes halogenated alkanes) is 2. The maximum atomic E-state index is 14.3. The van der Waals surface area contributed by atoms with Gasteiger partial charge in [-0.15, -0.1) is 5.10 Å². The molecular weight excluding hydrogens is 565 g/mol. The van der Waals surface area contributed by atoms with E-state index in [1.165, 1.54) is 17.8 Å². The third-order valence-corrected chi connectivity index (χ3v) is 7.93. The van der Waals surface area contributed by atoms with Gasteiger partial charge >= 0.3 is 0 Å². The van der Waals surface area contributed by atoms with E-state index in [1.54, 1.807) is 22.9 Å². The van der Waals surface area contributed by atoms with Gasteiger partial charge in [-0.25, -0.2) is 9.07 Å². The van der Waals surface area contributed by atoms with Crippen LogP contribution in [-0.2, 0) is 10.5 Å². The van der Waals surface area contributed by atoms with Crippen LogP contribution in [0.2, 0.25) is 0 Å². The van der Waals surface area contributed by atoms with E-state index in [-0.39, 0.29) is 11.7 Å². The van der Waals surface area contributed by atoms with Crippen LogP contribution in [0.3, 0.4) is 0 Å². The fourth-order valence-corrected chi connectivity index (χ4v) is 5.70. The van der Waals surface area contributed by atoms with Crippen LogP contribution in [0.1, 0.15) is 57.2 Å². The van der Waals surface area contributed by atoms with Crippen LogP contribution < -0.4 is 20.1 Å². The Kier molecular flexibility index (Phi) is 9.99. The summed E-state index contributed by atoms with van der Waals surface area (Å²) in [7, 11) is 0. The van der Waals surface area contributed by atoms with E-state index < -0.39 is 6.04 Å². The van der Waals surface area contributed by atoms with Gasteiger partial charge in [-0.05, 0) is 61.7 Å². The Labute approximate surface area is 255 Å². The summed E-state index contributed by atoms with van der Waals surface area (Å²) < 4.78 is 27.6. The maximum Gasteiger partial charge on any atom is 0.255 e. The lowest BCUT2D eigenvalue weighted by Gasteiger charge is -2.29. The first-order chi connectivity index (χ1) is 21.0. The molecule has 8 nitrogen and oxygen atoms in total. The molecule has 1 unspecified atom stereocenters. The molecular formula is C33H36FN5O3S. The van der Waals surface area contributed by atoms with Gasteiger partial charge < -0.3 is 20.1 Å². The molecule has 0 saturated carbocycles.